The fourth-order valence-corrected chi connectivity index (χ4v) is 3.45. The number of esters is 1. The van der Waals surface area contributed by atoms with E-state index in [0.717, 1.165) is 11.3 Å². The molecule has 0 saturated heterocycles. The van der Waals surface area contributed by atoms with Gasteiger partial charge in [-0.1, -0.05) is 49.2 Å². The van der Waals surface area contributed by atoms with Crippen molar-refractivity contribution in [2.24, 2.45) is 5.92 Å². The monoisotopic (exact) mass is 457 g/mol. The van der Waals surface area contributed by atoms with E-state index < -0.39 is 16.8 Å². The zero-order valence-electron chi connectivity index (χ0n) is 16.8. The minimum Gasteiger partial charge on any atom is -0.462 e. The van der Waals surface area contributed by atoms with Gasteiger partial charge in [0.05, 0.1) is 18.2 Å². The topological polar surface area (TPSA) is 70.7 Å². The van der Waals surface area contributed by atoms with Crippen molar-refractivity contribution in [1.82, 2.24) is 10.2 Å². The van der Waals surface area contributed by atoms with Gasteiger partial charge in [-0.15, -0.1) is 0 Å². The maximum Gasteiger partial charge on any atom is 0.338 e. The molecule has 0 spiro atoms. The van der Waals surface area contributed by atoms with Gasteiger partial charge in [0.15, 0.2) is 9.95 Å². The summed E-state index contributed by atoms with van der Waals surface area (Å²) >= 11 is 16.6. The molecule has 1 aromatic carbocycles. The Morgan fingerprint density at radius 2 is 1.90 bits per heavy atom. The highest BCUT2D eigenvalue weighted by Crippen LogP contribution is 2.32. The Hall–Kier alpha value is -1.83. The molecule has 6 nitrogen and oxygen atoms in total. The number of hydrogen-bond donors (Lipinski definition) is 2. The second-order valence-corrected chi connectivity index (χ2v) is 8.51. The molecular formula is C20H25Cl2N3O3S. The van der Waals surface area contributed by atoms with Crippen molar-refractivity contribution in [3.63, 3.8) is 0 Å². The van der Waals surface area contributed by atoms with Gasteiger partial charge in [0, 0.05) is 17.9 Å². The molecule has 1 unspecified atom stereocenters. The van der Waals surface area contributed by atoms with Gasteiger partial charge in [0.1, 0.15) is 0 Å². The van der Waals surface area contributed by atoms with Crippen LogP contribution in [0.15, 0.2) is 35.5 Å². The number of halogens is 2. The highest BCUT2D eigenvalue weighted by Gasteiger charge is 2.34. The lowest BCUT2D eigenvalue weighted by molar-refractivity contribution is -0.140. The summed E-state index contributed by atoms with van der Waals surface area (Å²) in [5, 5.41) is 6.38. The summed E-state index contributed by atoms with van der Waals surface area (Å²) in [6.07, 6.45) is 0. The number of carbonyl (C=O) groups is 2. The van der Waals surface area contributed by atoms with Crippen molar-refractivity contribution >= 4 is 58.1 Å². The van der Waals surface area contributed by atoms with Crippen LogP contribution in [-0.2, 0) is 14.3 Å². The number of alkyl halides is 2. The van der Waals surface area contributed by atoms with Gasteiger partial charge in [0.2, 0.25) is 0 Å². The van der Waals surface area contributed by atoms with E-state index in [0.29, 0.717) is 29.5 Å². The standard InChI is InChI=1S/C20H25Cl2N3O3S/c1-5-25-12(4)15(19(27)28-10-11(2)3)16(24-20(25)29)13-6-8-14(9-7-13)23-18(26)17(21)22/h6-9,11,16-17H,5,10H2,1-4H3,(H,23,26)(H,24,29). The summed E-state index contributed by atoms with van der Waals surface area (Å²) in [6.45, 7) is 8.77. The highest BCUT2D eigenvalue weighted by atomic mass is 35.5. The fourth-order valence-electron chi connectivity index (χ4n) is 2.95. The Kier molecular flexibility index (Phi) is 8.31. The molecule has 0 bridgehead atoms. The van der Waals surface area contributed by atoms with Crippen molar-refractivity contribution in [2.45, 2.75) is 38.6 Å². The number of nitrogens with zero attached hydrogens (tertiary/aromatic N) is 1. The normalized spacial score (nSPS) is 16.9. The van der Waals surface area contributed by atoms with E-state index in [9.17, 15) is 9.59 Å². The molecule has 1 amide bonds. The third-order valence-corrected chi connectivity index (χ3v) is 5.12. The quantitative estimate of drug-likeness (QED) is 0.364. The first kappa shape index (κ1) is 23.4. The van der Waals surface area contributed by atoms with E-state index in [4.69, 9.17) is 40.2 Å². The Labute approximate surface area is 186 Å². The largest absolute Gasteiger partial charge is 0.462 e. The lowest BCUT2D eigenvalue weighted by atomic mass is 9.94. The van der Waals surface area contributed by atoms with Crippen LogP contribution in [0.25, 0.3) is 0 Å². The van der Waals surface area contributed by atoms with E-state index >= 15 is 0 Å². The number of anilines is 1. The van der Waals surface area contributed by atoms with E-state index in [1.165, 1.54) is 0 Å². The van der Waals surface area contributed by atoms with Crippen LogP contribution < -0.4 is 10.6 Å². The molecule has 1 aliphatic rings. The van der Waals surface area contributed by atoms with Crippen LogP contribution in [0.4, 0.5) is 5.69 Å². The summed E-state index contributed by atoms with van der Waals surface area (Å²) in [4.78, 5) is 25.2. The number of hydrogen-bond acceptors (Lipinski definition) is 4. The second-order valence-electron chi connectivity index (χ2n) is 7.03. The molecule has 1 heterocycles. The summed E-state index contributed by atoms with van der Waals surface area (Å²) < 4.78 is 5.50. The van der Waals surface area contributed by atoms with Crippen LogP contribution in [0.5, 0.6) is 0 Å². The minimum atomic E-state index is -1.15. The van der Waals surface area contributed by atoms with Gasteiger partial charge in [-0.25, -0.2) is 4.79 Å². The fraction of sp³-hybridized carbons (Fsp3) is 0.450. The van der Waals surface area contributed by atoms with E-state index in [2.05, 4.69) is 10.6 Å². The first-order chi connectivity index (χ1) is 13.6. The minimum absolute atomic E-state index is 0.230. The predicted molar refractivity (Wildman–Crippen MR) is 120 cm³/mol. The highest BCUT2D eigenvalue weighted by molar-refractivity contribution is 7.80. The van der Waals surface area contributed by atoms with Crippen LogP contribution in [0.3, 0.4) is 0 Å². The Balaban J connectivity index is 2.35. The third kappa shape index (κ3) is 5.84. The molecule has 9 heteroatoms. The molecule has 2 N–H and O–H groups in total. The molecule has 2 rings (SSSR count). The molecule has 0 fully saturated rings. The average molecular weight is 458 g/mol. The number of ether oxygens (including phenoxy) is 1. The molecule has 29 heavy (non-hydrogen) atoms. The van der Waals surface area contributed by atoms with E-state index in [-0.39, 0.29) is 11.9 Å². The van der Waals surface area contributed by atoms with Gasteiger partial charge >= 0.3 is 5.97 Å². The maximum atomic E-state index is 12.9. The van der Waals surface area contributed by atoms with Gasteiger partial charge in [-0.05, 0) is 49.7 Å². The molecule has 0 aromatic heterocycles. The molecular weight excluding hydrogens is 433 g/mol. The third-order valence-electron chi connectivity index (χ3n) is 4.39. The van der Waals surface area contributed by atoms with Crippen molar-refractivity contribution in [1.29, 1.82) is 0 Å². The first-order valence-corrected chi connectivity index (χ1v) is 10.6. The van der Waals surface area contributed by atoms with Crippen LogP contribution in [-0.4, -0.2) is 39.9 Å². The molecule has 1 aliphatic heterocycles. The number of nitrogens with one attached hydrogen (secondary N) is 2. The molecule has 0 radical (unpaired) electrons. The van der Waals surface area contributed by atoms with Gasteiger partial charge < -0.3 is 20.3 Å². The zero-order chi connectivity index (χ0) is 21.7. The lowest BCUT2D eigenvalue weighted by Crippen LogP contribution is -2.47. The summed E-state index contributed by atoms with van der Waals surface area (Å²) in [7, 11) is 0. The predicted octanol–water partition coefficient (Wildman–Crippen LogP) is 4.15. The van der Waals surface area contributed by atoms with Crippen LogP contribution in [0, 0.1) is 5.92 Å². The van der Waals surface area contributed by atoms with Crippen molar-refractivity contribution in [3.8, 4) is 0 Å². The zero-order valence-corrected chi connectivity index (χ0v) is 19.1. The van der Waals surface area contributed by atoms with Gasteiger partial charge in [0.25, 0.3) is 5.91 Å². The second kappa shape index (κ2) is 10.3. The number of rotatable bonds is 7. The van der Waals surface area contributed by atoms with E-state index in [1.54, 1.807) is 24.3 Å². The summed E-state index contributed by atoms with van der Waals surface area (Å²) in [5.41, 5.74) is 2.63. The smallest absolute Gasteiger partial charge is 0.338 e. The van der Waals surface area contributed by atoms with Crippen LogP contribution in [0.1, 0.15) is 39.3 Å². The maximum absolute atomic E-state index is 12.9. The lowest BCUT2D eigenvalue weighted by Gasteiger charge is -2.37. The number of allylic oxidation sites excluding steroid dienone is 1. The SMILES string of the molecule is CCN1C(=S)NC(c2ccc(NC(=O)C(Cl)Cl)cc2)C(C(=O)OCC(C)C)=C1C. The first-order valence-electron chi connectivity index (χ1n) is 9.30. The number of carbonyl (C=O) groups excluding carboxylic acids is 2. The van der Waals surface area contributed by atoms with Crippen molar-refractivity contribution in [2.75, 3.05) is 18.5 Å². The molecule has 0 aliphatic carbocycles. The number of benzene rings is 1. The summed E-state index contributed by atoms with van der Waals surface area (Å²) in [5.74, 6) is -0.654. The Bertz CT molecular complexity index is 810. The number of thiocarbonyl (C=S) groups is 1. The van der Waals surface area contributed by atoms with Crippen molar-refractivity contribution < 1.29 is 14.3 Å². The van der Waals surface area contributed by atoms with E-state index in [1.807, 2.05) is 32.6 Å². The van der Waals surface area contributed by atoms with Gasteiger partial charge in [-0.2, -0.15) is 0 Å². The molecule has 158 valence electrons. The van der Waals surface area contributed by atoms with Crippen molar-refractivity contribution in [3.05, 3.63) is 41.1 Å². The molecule has 1 atom stereocenters. The average Bonchev–Trinajstić information content (AvgIpc) is 2.66. The number of amides is 1. The molecule has 1 aromatic rings. The van der Waals surface area contributed by atoms with Gasteiger partial charge in [-0.3, -0.25) is 4.79 Å². The molecule has 0 saturated carbocycles. The van der Waals surface area contributed by atoms with Crippen LogP contribution in [0.2, 0.25) is 0 Å². The summed E-state index contributed by atoms with van der Waals surface area (Å²) in [6, 6.07) is 6.58. The van der Waals surface area contributed by atoms with Crippen LogP contribution >= 0.6 is 35.4 Å². The Morgan fingerprint density at radius 1 is 1.28 bits per heavy atom. The Morgan fingerprint density at radius 3 is 2.41 bits per heavy atom.